The number of rotatable bonds is 6. The van der Waals surface area contributed by atoms with Crippen molar-refractivity contribution in [1.82, 2.24) is 14.5 Å². The largest absolute Gasteiger partial charge is 0.507 e. The van der Waals surface area contributed by atoms with Crippen molar-refractivity contribution >= 4 is 21.8 Å². The van der Waals surface area contributed by atoms with Crippen molar-refractivity contribution in [2.45, 2.75) is 52.4 Å². The molecule has 4 heteroatoms. The maximum Gasteiger partial charge on any atom is 0.149 e. The van der Waals surface area contributed by atoms with E-state index >= 15 is 0 Å². The molecule has 0 amide bonds. The summed E-state index contributed by atoms with van der Waals surface area (Å²) >= 11 is 0. The third kappa shape index (κ3) is 6.55. The number of benzene rings is 7. The van der Waals surface area contributed by atoms with Gasteiger partial charge in [-0.05, 0) is 62.7 Å². The molecule has 0 radical (unpaired) electrons. The minimum atomic E-state index is -0.324. The number of nitrogens with zero attached hydrogens (tertiary/aromatic N) is 3. The van der Waals surface area contributed by atoms with Crippen LogP contribution in [0.1, 0.15) is 52.7 Å². The first-order chi connectivity index (χ1) is 28.0. The van der Waals surface area contributed by atoms with Crippen molar-refractivity contribution < 1.29 is 5.11 Å². The Kier molecular flexibility index (Phi) is 9.09. The SMILES string of the molecule is CC(C)(C)c1cc(-c2nc3c(-c4cccc(-c5nccc6ccccc56)c4)cccc3n2-c2c(-c3ccccc3)cccc2-c2ccccc2)c(O)c(C(C)(C)C)c1. The molecule has 0 atom stereocenters. The Morgan fingerprint density at radius 1 is 0.500 bits per heavy atom. The van der Waals surface area contributed by atoms with Crippen LogP contribution in [0.2, 0.25) is 0 Å². The Hall–Kier alpha value is -6.78. The number of phenols is 1. The molecule has 2 aromatic heterocycles. The first-order valence-electron chi connectivity index (χ1n) is 20.1. The van der Waals surface area contributed by atoms with Gasteiger partial charge in [-0.1, -0.05) is 181 Å². The Balaban J connectivity index is 1.40. The fourth-order valence-electron chi connectivity index (χ4n) is 8.22. The van der Waals surface area contributed by atoms with Crippen LogP contribution in [0.5, 0.6) is 5.75 Å². The first-order valence-corrected chi connectivity index (χ1v) is 20.1. The van der Waals surface area contributed by atoms with Crippen molar-refractivity contribution in [1.29, 1.82) is 0 Å². The maximum absolute atomic E-state index is 12.5. The van der Waals surface area contributed by atoms with Gasteiger partial charge >= 0.3 is 0 Å². The number of pyridine rings is 1. The maximum atomic E-state index is 12.5. The van der Waals surface area contributed by atoms with Crippen LogP contribution in [0.15, 0.2) is 170 Å². The minimum absolute atomic E-state index is 0.183. The highest BCUT2D eigenvalue weighted by molar-refractivity contribution is 6.00. The fraction of sp³-hybridized carbons (Fsp3) is 0.148. The van der Waals surface area contributed by atoms with Crippen molar-refractivity contribution in [3.8, 4) is 67.5 Å². The van der Waals surface area contributed by atoms with Gasteiger partial charge in [0.25, 0.3) is 0 Å². The Bertz CT molecular complexity index is 2900. The molecule has 9 aromatic rings. The summed E-state index contributed by atoms with van der Waals surface area (Å²) < 4.78 is 2.30. The normalized spacial score (nSPS) is 12.0. The second kappa shape index (κ2) is 14.3. The summed E-state index contributed by atoms with van der Waals surface area (Å²) in [6.07, 6.45) is 1.89. The van der Waals surface area contributed by atoms with Crippen LogP contribution in [-0.2, 0) is 10.8 Å². The molecule has 284 valence electrons. The lowest BCUT2D eigenvalue weighted by Crippen LogP contribution is -2.17. The second-order valence-electron chi connectivity index (χ2n) is 17.3. The zero-order valence-electron chi connectivity index (χ0n) is 34.0. The molecule has 7 aromatic carbocycles. The van der Waals surface area contributed by atoms with Crippen molar-refractivity contribution in [2.75, 3.05) is 0 Å². The van der Waals surface area contributed by atoms with Crippen LogP contribution < -0.4 is 0 Å². The van der Waals surface area contributed by atoms with E-state index in [1.165, 1.54) is 0 Å². The molecule has 0 bridgehead atoms. The Morgan fingerprint density at radius 3 is 1.76 bits per heavy atom. The van der Waals surface area contributed by atoms with Gasteiger partial charge in [0.1, 0.15) is 11.6 Å². The number of aromatic hydroxyl groups is 1. The van der Waals surface area contributed by atoms with Gasteiger partial charge in [0, 0.05) is 39.4 Å². The van der Waals surface area contributed by atoms with Gasteiger partial charge in [-0.2, -0.15) is 0 Å². The number of fused-ring (bicyclic) bond motifs is 2. The van der Waals surface area contributed by atoms with Crippen LogP contribution in [0.3, 0.4) is 0 Å². The van der Waals surface area contributed by atoms with E-state index in [1.54, 1.807) is 0 Å². The number of phenolic OH excluding ortho intramolecular Hbond substituents is 1. The fourth-order valence-corrected chi connectivity index (χ4v) is 8.22. The molecule has 0 aliphatic heterocycles. The van der Waals surface area contributed by atoms with Crippen molar-refractivity contribution in [3.05, 3.63) is 181 Å². The summed E-state index contributed by atoms with van der Waals surface area (Å²) in [5.41, 5.74) is 13.4. The predicted octanol–water partition coefficient (Wildman–Crippen LogP) is 14.2. The molecule has 58 heavy (non-hydrogen) atoms. The van der Waals surface area contributed by atoms with Crippen LogP contribution in [-0.4, -0.2) is 19.6 Å². The lowest BCUT2D eigenvalue weighted by molar-refractivity contribution is 0.446. The average Bonchev–Trinajstić information content (AvgIpc) is 3.62. The van der Waals surface area contributed by atoms with E-state index in [9.17, 15) is 5.11 Å². The van der Waals surface area contributed by atoms with E-state index in [2.05, 4.69) is 210 Å². The molecule has 2 heterocycles. The summed E-state index contributed by atoms with van der Waals surface area (Å²) in [7, 11) is 0. The van der Waals surface area contributed by atoms with E-state index < -0.39 is 0 Å². The molecular formula is C54H47N3O. The van der Waals surface area contributed by atoms with Crippen molar-refractivity contribution in [3.63, 3.8) is 0 Å². The zero-order chi connectivity index (χ0) is 40.2. The van der Waals surface area contributed by atoms with E-state index in [0.29, 0.717) is 11.4 Å². The number of imidazole rings is 1. The molecular weight excluding hydrogens is 707 g/mol. The van der Waals surface area contributed by atoms with Crippen LogP contribution in [0.25, 0.3) is 83.5 Å². The van der Waals surface area contributed by atoms with Gasteiger partial charge < -0.3 is 5.11 Å². The Labute approximate surface area is 341 Å². The third-order valence-electron chi connectivity index (χ3n) is 11.3. The smallest absolute Gasteiger partial charge is 0.149 e. The lowest BCUT2D eigenvalue weighted by atomic mass is 9.79. The molecule has 1 N–H and O–H groups in total. The highest BCUT2D eigenvalue weighted by Gasteiger charge is 2.30. The number of aromatic nitrogens is 3. The molecule has 0 fully saturated rings. The number of para-hydroxylation sites is 2. The summed E-state index contributed by atoms with van der Waals surface area (Å²) in [6, 6.07) is 57.5. The van der Waals surface area contributed by atoms with Gasteiger partial charge in [0.15, 0.2) is 0 Å². The van der Waals surface area contributed by atoms with Gasteiger partial charge in [0.2, 0.25) is 0 Å². The van der Waals surface area contributed by atoms with Crippen LogP contribution in [0.4, 0.5) is 0 Å². The third-order valence-corrected chi connectivity index (χ3v) is 11.3. The van der Waals surface area contributed by atoms with E-state index in [4.69, 9.17) is 9.97 Å². The van der Waals surface area contributed by atoms with Gasteiger partial charge in [-0.3, -0.25) is 9.55 Å². The van der Waals surface area contributed by atoms with Crippen molar-refractivity contribution in [2.24, 2.45) is 0 Å². The quantitative estimate of drug-likeness (QED) is 0.184. The average molecular weight is 754 g/mol. The van der Waals surface area contributed by atoms with Gasteiger partial charge in [-0.15, -0.1) is 0 Å². The first kappa shape index (κ1) is 36.8. The zero-order valence-corrected chi connectivity index (χ0v) is 34.0. The summed E-state index contributed by atoms with van der Waals surface area (Å²) in [6.45, 7) is 13.2. The van der Waals surface area contributed by atoms with E-state index in [0.717, 1.165) is 83.3 Å². The van der Waals surface area contributed by atoms with E-state index in [-0.39, 0.29) is 16.6 Å². The van der Waals surface area contributed by atoms with E-state index in [1.807, 2.05) is 6.20 Å². The van der Waals surface area contributed by atoms with Gasteiger partial charge in [0.05, 0.1) is 28.0 Å². The standard InChI is InChI=1S/C54H47N3O/c1-53(2,3)40-33-45(51(58)46(34-40)54(4,5)6)52-56-49-42(38-23-15-24-39(32-38)48-41-25-14-13-22-37(41)30-31-55-48)26-17-29-47(49)57(52)50-43(35-18-9-7-10-19-35)27-16-28-44(50)36-20-11-8-12-21-36/h7-34,58H,1-6H3. The molecule has 0 aliphatic carbocycles. The molecule has 0 saturated carbocycles. The monoisotopic (exact) mass is 753 g/mol. The van der Waals surface area contributed by atoms with Crippen LogP contribution in [0, 0.1) is 0 Å². The summed E-state index contributed by atoms with van der Waals surface area (Å²) in [5.74, 6) is 0.935. The highest BCUT2D eigenvalue weighted by Crippen LogP contribution is 2.47. The summed E-state index contributed by atoms with van der Waals surface area (Å²) in [5, 5.41) is 14.8. The van der Waals surface area contributed by atoms with Crippen LogP contribution >= 0.6 is 0 Å². The molecule has 4 nitrogen and oxygen atoms in total. The number of hydrogen-bond donors (Lipinski definition) is 1. The molecule has 0 saturated heterocycles. The molecule has 0 unspecified atom stereocenters. The Morgan fingerprint density at radius 2 is 1.09 bits per heavy atom. The topological polar surface area (TPSA) is 50.9 Å². The minimum Gasteiger partial charge on any atom is -0.507 e. The predicted molar refractivity (Wildman–Crippen MR) is 243 cm³/mol. The highest BCUT2D eigenvalue weighted by atomic mass is 16.3. The molecule has 0 aliphatic rings. The second-order valence-corrected chi connectivity index (χ2v) is 17.3. The molecule has 9 rings (SSSR count). The lowest BCUT2D eigenvalue weighted by Gasteiger charge is -2.28. The summed E-state index contributed by atoms with van der Waals surface area (Å²) in [4.78, 5) is 10.5. The van der Waals surface area contributed by atoms with Gasteiger partial charge in [-0.25, -0.2) is 4.98 Å². The number of hydrogen-bond acceptors (Lipinski definition) is 3. The molecule has 0 spiro atoms.